The number of aliphatic hydroxyl groups is 1. The van der Waals surface area contributed by atoms with E-state index in [2.05, 4.69) is 0 Å². The largest absolute Gasteiger partial charge is 0.426 e. The molecule has 2 fully saturated rings. The van der Waals surface area contributed by atoms with E-state index in [4.69, 9.17) is 0 Å². The van der Waals surface area contributed by atoms with Crippen molar-refractivity contribution >= 4 is 15.7 Å². The SMILES string of the molecule is Cc1cc(CC23CCN(C(=O)C4(O)CCS(=O)(=O)CC4)C2CCc2cc(C(C)(F)C(F)(F)F)ccc23)ccc1F. The highest BCUT2D eigenvalue weighted by Gasteiger charge is 2.57. The molecule has 3 atom stereocenters. The molecule has 3 unspecified atom stereocenters. The molecule has 3 aliphatic rings. The van der Waals surface area contributed by atoms with Gasteiger partial charge in [0.25, 0.3) is 5.91 Å². The van der Waals surface area contributed by atoms with E-state index in [1.54, 1.807) is 24.0 Å². The highest BCUT2D eigenvalue weighted by molar-refractivity contribution is 7.91. The van der Waals surface area contributed by atoms with Gasteiger partial charge in [-0.15, -0.1) is 0 Å². The molecule has 0 radical (unpaired) electrons. The van der Waals surface area contributed by atoms with Crippen molar-refractivity contribution in [2.24, 2.45) is 0 Å². The third-order valence-electron chi connectivity index (χ3n) is 9.27. The van der Waals surface area contributed by atoms with Crippen molar-refractivity contribution in [2.45, 2.75) is 81.3 Å². The lowest BCUT2D eigenvalue weighted by Crippen LogP contribution is -2.57. The average Bonchev–Trinajstić information content (AvgIpc) is 3.26. The summed E-state index contributed by atoms with van der Waals surface area (Å²) in [6.07, 6.45) is -4.06. The zero-order valence-electron chi connectivity index (χ0n) is 22.3. The smallest absolute Gasteiger partial charge is 0.380 e. The number of alkyl halides is 4. The molecule has 1 amide bonds. The number of hydrogen-bond acceptors (Lipinski definition) is 4. The molecule has 40 heavy (non-hydrogen) atoms. The summed E-state index contributed by atoms with van der Waals surface area (Å²) in [5.41, 5.74) is -4.13. The van der Waals surface area contributed by atoms with Crippen LogP contribution in [-0.4, -0.2) is 60.2 Å². The second-order valence-corrected chi connectivity index (χ2v) is 14.1. The molecule has 0 saturated carbocycles. The van der Waals surface area contributed by atoms with Gasteiger partial charge >= 0.3 is 6.18 Å². The first-order valence-corrected chi connectivity index (χ1v) is 15.2. The Hall–Kier alpha value is -2.53. The van der Waals surface area contributed by atoms with E-state index in [9.17, 15) is 40.3 Å². The summed E-state index contributed by atoms with van der Waals surface area (Å²) >= 11 is 0. The van der Waals surface area contributed by atoms with Crippen LogP contribution < -0.4 is 0 Å². The maximum atomic E-state index is 14.9. The molecule has 0 aromatic heterocycles. The van der Waals surface area contributed by atoms with Crippen LogP contribution in [0.3, 0.4) is 0 Å². The zero-order valence-corrected chi connectivity index (χ0v) is 23.1. The summed E-state index contributed by atoms with van der Waals surface area (Å²) in [5.74, 6) is -1.50. The third kappa shape index (κ3) is 4.72. The minimum absolute atomic E-state index is 0.200. The summed E-state index contributed by atoms with van der Waals surface area (Å²) in [5, 5.41) is 11.2. The van der Waals surface area contributed by atoms with Crippen LogP contribution in [-0.2, 0) is 38.6 Å². The Bertz CT molecular complexity index is 1440. The number of hydrogen-bond donors (Lipinski definition) is 1. The van der Waals surface area contributed by atoms with Crippen LogP contribution in [0.1, 0.15) is 60.4 Å². The number of halogens is 5. The van der Waals surface area contributed by atoms with Gasteiger partial charge < -0.3 is 10.0 Å². The quantitative estimate of drug-likeness (QED) is 0.521. The monoisotopic (exact) mass is 585 g/mol. The predicted octanol–water partition coefficient (Wildman–Crippen LogP) is 4.85. The Morgan fingerprint density at radius 1 is 1.07 bits per heavy atom. The van der Waals surface area contributed by atoms with E-state index < -0.39 is 50.2 Å². The molecule has 218 valence electrons. The Balaban J connectivity index is 1.56. The fourth-order valence-corrected chi connectivity index (χ4v) is 8.31. The molecule has 2 aromatic rings. The number of benzene rings is 2. The Morgan fingerprint density at radius 3 is 2.38 bits per heavy atom. The molecular weight excluding hydrogens is 553 g/mol. The van der Waals surface area contributed by atoms with Crippen LogP contribution in [0.25, 0.3) is 0 Å². The summed E-state index contributed by atoms with van der Waals surface area (Å²) in [7, 11) is -3.33. The molecule has 2 saturated heterocycles. The molecule has 2 aromatic carbocycles. The molecule has 1 aliphatic carbocycles. The first-order chi connectivity index (χ1) is 18.5. The summed E-state index contributed by atoms with van der Waals surface area (Å²) < 4.78 is 93.3. The number of likely N-dealkylation sites (tertiary alicyclic amines) is 1. The van der Waals surface area contributed by atoms with E-state index in [1.165, 1.54) is 18.2 Å². The first kappa shape index (κ1) is 29.0. The molecule has 5 rings (SSSR count). The third-order valence-corrected chi connectivity index (χ3v) is 10.9. The van der Waals surface area contributed by atoms with Crippen LogP contribution in [0.5, 0.6) is 0 Å². The second-order valence-electron chi connectivity index (χ2n) is 11.8. The van der Waals surface area contributed by atoms with E-state index in [0.717, 1.165) is 11.6 Å². The fraction of sp³-hybridized carbons (Fsp3) is 0.552. The molecule has 0 spiro atoms. The van der Waals surface area contributed by atoms with Crippen molar-refractivity contribution in [1.29, 1.82) is 0 Å². The number of carbonyl (C=O) groups excluding carboxylic acids is 1. The molecule has 2 aliphatic heterocycles. The maximum absolute atomic E-state index is 14.9. The normalized spacial score (nSPS) is 27.0. The van der Waals surface area contributed by atoms with Gasteiger partial charge in [0, 0.05) is 18.0 Å². The van der Waals surface area contributed by atoms with Crippen LogP contribution in [0, 0.1) is 12.7 Å². The first-order valence-electron chi connectivity index (χ1n) is 13.4. The number of fused-ring (bicyclic) bond motifs is 3. The average molecular weight is 586 g/mol. The minimum atomic E-state index is -5.10. The van der Waals surface area contributed by atoms with Gasteiger partial charge in [0.15, 0.2) is 9.84 Å². The Morgan fingerprint density at radius 2 is 1.75 bits per heavy atom. The van der Waals surface area contributed by atoms with E-state index in [1.807, 2.05) is 0 Å². The number of aryl methyl sites for hydroxylation is 2. The Labute approximate surface area is 230 Å². The van der Waals surface area contributed by atoms with Gasteiger partial charge in [0.1, 0.15) is 11.4 Å². The predicted molar refractivity (Wildman–Crippen MR) is 139 cm³/mol. The van der Waals surface area contributed by atoms with Crippen molar-refractivity contribution in [3.8, 4) is 0 Å². The molecule has 0 bridgehead atoms. The van der Waals surface area contributed by atoms with Crippen LogP contribution >= 0.6 is 0 Å². The van der Waals surface area contributed by atoms with Gasteiger partial charge in [-0.2, -0.15) is 13.2 Å². The topological polar surface area (TPSA) is 74.7 Å². The lowest BCUT2D eigenvalue weighted by atomic mass is 9.63. The van der Waals surface area contributed by atoms with Crippen LogP contribution in [0.2, 0.25) is 0 Å². The van der Waals surface area contributed by atoms with Crippen molar-refractivity contribution < 1.29 is 40.3 Å². The molecule has 5 nitrogen and oxygen atoms in total. The number of sulfone groups is 1. The van der Waals surface area contributed by atoms with Crippen molar-refractivity contribution in [2.75, 3.05) is 18.1 Å². The Kier molecular flexibility index (Phi) is 6.89. The fourth-order valence-electron chi connectivity index (χ4n) is 6.80. The van der Waals surface area contributed by atoms with E-state index in [-0.39, 0.29) is 36.7 Å². The van der Waals surface area contributed by atoms with Crippen LogP contribution in [0.15, 0.2) is 36.4 Å². The van der Waals surface area contributed by atoms with Crippen LogP contribution in [0.4, 0.5) is 22.0 Å². The molecule has 2 heterocycles. The van der Waals surface area contributed by atoms with Crippen molar-refractivity contribution in [3.05, 3.63) is 70.0 Å². The highest BCUT2D eigenvalue weighted by atomic mass is 32.2. The highest BCUT2D eigenvalue weighted by Crippen LogP contribution is 2.51. The summed E-state index contributed by atoms with van der Waals surface area (Å²) in [6, 6.07) is 8.19. The second kappa shape index (κ2) is 9.51. The lowest BCUT2D eigenvalue weighted by Gasteiger charge is -2.45. The van der Waals surface area contributed by atoms with Gasteiger partial charge in [0.2, 0.25) is 5.67 Å². The molecule has 1 N–H and O–H groups in total. The standard InChI is InChI=1S/C29H32F5NO4S/c1-18-15-19(3-7-23(18)30)17-27-9-12-35(25(36)28(37)10-13-40(38,39)14-11-28)24(27)8-4-20-16-21(5-6-22(20)27)26(2,31)29(32,33)34/h3,5-7,15-16,24,37H,4,8-14,17H2,1-2H3. The number of carbonyl (C=O) groups is 1. The maximum Gasteiger partial charge on any atom is 0.426 e. The minimum Gasteiger partial charge on any atom is -0.380 e. The van der Waals surface area contributed by atoms with Crippen molar-refractivity contribution in [3.63, 3.8) is 0 Å². The number of rotatable bonds is 4. The summed E-state index contributed by atoms with van der Waals surface area (Å²) in [4.78, 5) is 15.3. The summed E-state index contributed by atoms with van der Waals surface area (Å²) in [6.45, 7) is 2.38. The van der Waals surface area contributed by atoms with E-state index in [0.29, 0.717) is 49.3 Å². The molecule has 11 heteroatoms. The zero-order chi connectivity index (χ0) is 29.3. The lowest BCUT2D eigenvalue weighted by molar-refractivity contribution is -0.228. The number of amides is 1. The van der Waals surface area contributed by atoms with Gasteiger partial charge in [-0.05, 0) is 86.3 Å². The van der Waals surface area contributed by atoms with Gasteiger partial charge in [-0.25, -0.2) is 17.2 Å². The van der Waals surface area contributed by atoms with E-state index >= 15 is 0 Å². The molecular formula is C29H32F5NO4S. The van der Waals surface area contributed by atoms with Gasteiger partial charge in [-0.3, -0.25) is 4.79 Å². The van der Waals surface area contributed by atoms with Gasteiger partial charge in [-0.1, -0.05) is 30.3 Å². The number of nitrogens with zero attached hydrogens (tertiary/aromatic N) is 1. The van der Waals surface area contributed by atoms with Gasteiger partial charge in [0.05, 0.1) is 11.5 Å². The van der Waals surface area contributed by atoms with Crippen molar-refractivity contribution in [1.82, 2.24) is 4.90 Å².